The van der Waals surface area contributed by atoms with Crippen LogP contribution in [0.1, 0.15) is 49.3 Å². The monoisotopic (exact) mass is 234 g/mol. The van der Waals surface area contributed by atoms with Crippen LogP contribution >= 0.6 is 0 Å². The van der Waals surface area contributed by atoms with Gasteiger partial charge in [-0.25, -0.2) is 0 Å². The number of hydrogen-bond donors (Lipinski definition) is 2. The Morgan fingerprint density at radius 3 is 2.76 bits per heavy atom. The van der Waals surface area contributed by atoms with E-state index in [2.05, 4.69) is 12.1 Å². The molecule has 0 aliphatic heterocycles. The summed E-state index contributed by atoms with van der Waals surface area (Å²) >= 11 is 0. The minimum absolute atomic E-state index is 0.241. The summed E-state index contributed by atoms with van der Waals surface area (Å²) in [5.41, 5.74) is 3.55. The lowest BCUT2D eigenvalue weighted by Crippen LogP contribution is -2.05. The predicted molar refractivity (Wildman–Crippen MR) is 69.4 cm³/mol. The van der Waals surface area contributed by atoms with Gasteiger partial charge >= 0.3 is 0 Å². The zero-order valence-electron chi connectivity index (χ0n) is 10.6. The molecule has 0 amide bonds. The summed E-state index contributed by atoms with van der Waals surface area (Å²) in [6.45, 7) is 1.81. The summed E-state index contributed by atoms with van der Waals surface area (Å²) in [7, 11) is 0. The Hall–Kier alpha value is -1.02. The maximum Gasteiger partial charge on any atom is 0.122 e. The van der Waals surface area contributed by atoms with E-state index in [0.717, 1.165) is 37.7 Å². The Kier molecular flexibility index (Phi) is 4.06. The van der Waals surface area contributed by atoms with Crippen molar-refractivity contribution >= 4 is 0 Å². The number of aromatic hydroxyl groups is 1. The van der Waals surface area contributed by atoms with Crippen LogP contribution in [0.5, 0.6) is 5.75 Å². The number of phenolic OH excluding ortho intramolecular Hbond substituents is 1. The van der Waals surface area contributed by atoms with Gasteiger partial charge in [0.25, 0.3) is 0 Å². The Morgan fingerprint density at radius 1 is 1.24 bits per heavy atom. The molecule has 0 spiro atoms. The summed E-state index contributed by atoms with van der Waals surface area (Å²) in [5.74, 6) is 0.521. The number of hydrogen-bond acceptors (Lipinski definition) is 2. The van der Waals surface area contributed by atoms with Crippen molar-refractivity contribution < 1.29 is 10.2 Å². The molecule has 0 radical (unpaired) electrons. The molecule has 0 fully saturated rings. The molecule has 0 unspecified atom stereocenters. The van der Waals surface area contributed by atoms with Crippen molar-refractivity contribution in [1.29, 1.82) is 0 Å². The Balaban J connectivity index is 2.08. The number of rotatable bonds is 4. The highest BCUT2D eigenvalue weighted by Crippen LogP contribution is 2.32. The molecule has 0 bridgehead atoms. The largest absolute Gasteiger partial charge is 0.507 e. The van der Waals surface area contributed by atoms with Crippen LogP contribution in [-0.2, 0) is 19.3 Å². The van der Waals surface area contributed by atoms with Crippen molar-refractivity contribution in [3.05, 3.63) is 28.8 Å². The highest BCUT2D eigenvalue weighted by molar-refractivity contribution is 5.46. The second-order valence-corrected chi connectivity index (χ2v) is 5.16. The highest BCUT2D eigenvalue weighted by atomic mass is 16.3. The van der Waals surface area contributed by atoms with Gasteiger partial charge in [0.2, 0.25) is 0 Å². The first-order chi connectivity index (χ1) is 8.18. The normalized spacial score (nSPS) is 16.6. The van der Waals surface area contributed by atoms with Gasteiger partial charge in [0.1, 0.15) is 5.75 Å². The summed E-state index contributed by atoms with van der Waals surface area (Å²) in [6.07, 6.45) is 6.92. The van der Waals surface area contributed by atoms with Gasteiger partial charge in [0.05, 0.1) is 6.10 Å². The summed E-state index contributed by atoms with van der Waals surface area (Å²) in [5, 5.41) is 19.5. The van der Waals surface area contributed by atoms with Crippen LogP contribution in [0.2, 0.25) is 0 Å². The van der Waals surface area contributed by atoms with Crippen molar-refractivity contribution in [2.45, 2.75) is 58.0 Å². The summed E-state index contributed by atoms with van der Waals surface area (Å²) < 4.78 is 0. The van der Waals surface area contributed by atoms with Gasteiger partial charge in [-0.15, -0.1) is 0 Å². The third kappa shape index (κ3) is 3.01. The molecule has 0 aromatic heterocycles. The van der Waals surface area contributed by atoms with Crippen molar-refractivity contribution in [2.24, 2.45) is 0 Å². The average Bonchev–Trinajstić information content (AvgIpc) is 2.32. The van der Waals surface area contributed by atoms with Crippen molar-refractivity contribution in [2.75, 3.05) is 0 Å². The van der Waals surface area contributed by atoms with E-state index in [1.165, 1.54) is 24.0 Å². The lowest BCUT2D eigenvalue weighted by molar-refractivity contribution is 0.181. The van der Waals surface area contributed by atoms with E-state index < -0.39 is 0 Å². The molecule has 1 atom stereocenters. The minimum Gasteiger partial charge on any atom is -0.507 e. The number of aliphatic hydroxyl groups excluding tert-OH is 1. The van der Waals surface area contributed by atoms with Crippen LogP contribution in [0.3, 0.4) is 0 Å². The maximum atomic E-state index is 10.2. The van der Waals surface area contributed by atoms with E-state index in [0.29, 0.717) is 5.75 Å². The van der Waals surface area contributed by atoms with Crippen LogP contribution in [0.25, 0.3) is 0 Å². The summed E-state index contributed by atoms with van der Waals surface area (Å²) in [6, 6.07) is 4.23. The van der Waals surface area contributed by atoms with E-state index in [9.17, 15) is 10.2 Å². The second-order valence-electron chi connectivity index (χ2n) is 5.16. The average molecular weight is 234 g/mol. The molecule has 0 saturated heterocycles. The van der Waals surface area contributed by atoms with Gasteiger partial charge in [-0.2, -0.15) is 0 Å². The predicted octanol–water partition coefficient (Wildman–Crippen LogP) is 2.97. The molecule has 2 N–H and O–H groups in total. The van der Waals surface area contributed by atoms with Crippen LogP contribution in [0.15, 0.2) is 12.1 Å². The Bertz CT molecular complexity index is 383. The van der Waals surface area contributed by atoms with E-state index in [-0.39, 0.29) is 6.10 Å². The molecule has 1 aliphatic carbocycles. The van der Waals surface area contributed by atoms with E-state index in [1.807, 2.05) is 6.92 Å². The molecule has 2 heteroatoms. The van der Waals surface area contributed by atoms with Crippen molar-refractivity contribution in [3.63, 3.8) is 0 Å². The number of aryl methyl sites for hydroxylation is 2. The molecule has 17 heavy (non-hydrogen) atoms. The Labute approximate surface area is 103 Å². The van der Waals surface area contributed by atoms with Crippen LogP contribution in [0, 0.1) is 0 Å². The smallest absolute Gasteiger partial charge is 0.122 e. The molecule has 1 aromatic carbocycles. The first kappa shape index (κ1) is 12.4. The molecular weight excluding hydrogens is 212 g/mol. The number of phenols is 1. The zero-order chi connectivity index (χ0) is 12.3. The van der Waals surface area contributed by atoms with Gasteiger partial charge in [-0.05, 0) is 68.6 Å². The van der Waals surface area contributed by atoms with E-state index in [1.54, 1.807) is 0 Å². The standard InChI is InChI=1S/C15H22O2/c1-11(16)5-4-7-13-10-9-12-6-2-3-8-14(12)15(13)17/h9-11,16-17H,2-8H2,1H3/t11-/m0/s1. The third-order valence-corrected chi connectivity index (χ3v) is 3.65. The third-order valence-electron chi connectivity index (χ3n) is 3.65. The first-order valence-electron chi connectivity index (χ1n) is 6.69. The maximum absolute atomic E-state index is 10.2. The molecule has 1 aromatic rings. The van der Waals surface area contributed by atoms with E-state index >= 15 is 0 Å². The first-order valence-corrected chi connectivity index (χ1v) is 6.69. The van der Waals surface area contributed by atoms with Crippen LogP contribution in [-0.4, -0.2) is 16.3 Å². The number of aliphatic hydroxyl groups is 1. The topological polar surface area (TPSA) is 40.5 Å². The molecular formula is C15H22O2. The highest BCUT2D eigenvalue weighted by Gasteiger charge is 2.15. The SMILES string of the molecule is C[C@H](O)CCCc1ccc2c(c1O)CCCC2. The lowest BCUT2D eigenvalue weighted by Gasteiger charge is -2.19. The van der Waals surface area contributed by atoms with Gasteiger partial charge < -0.3 is 10.2 Å². The van der Waals surface area contributed by atoms with Gasteiger partial charge in [0.15, 0.2) is 0 Å². The Morgan fingerprint density at radius 2 is 2.00 bits per heavy atom. The fourth-order valence-corrected chi connectivity index (χ4v) is 2.65. The van der Waals surface area contributed by atoms with Gasteiger partial charge in [0, 0.05) is 0 Å². The molecule has 2 rings (SSSR count). The molecule has 0 saturated carbocycles. The quantitative estimate of drug-likeness (QED) is 0.841. The zero-order valence-corrected chi connectivity index (χ0v) is 10.6. The van der Waals surface area contributed by atoms with Crippen molar-refractivity contribution in [1.82, 2.24) is 0 Å². The van der Waals surface area contributed by atoms with E-state index in [4.69, 9.17) is 0 Å². The van der Waals surface area contributed by atoms with Gasteiger partial charge in [-0.1, -0.05) is 12.1 Å². The molecule has 0 heterocycles. The minimum atomic E-state index is -0.241. The van der Waals surface area contributed by atoms with Gasteiger partial charge in [-0.3, -0.25) is 0 Å². The molecule has 94 valence electrons. The lowest BCUT2D eigenvalue weighted by atomic mass is 9.88. The fraction of sp³-hybridized carbons (Fsp3) is 0.600. The number of fused-ring (bicyclic) bond motifs is 1. The van der Waals surface area contributed by atoms with Crippen LogP contribution < -0.4 is 0 Å². The second kappa shape index (κ2) is 5.54. The van der Waals surface area contributed by atoms with Crippen LogP contribution in [0.4, 0.5) is 0 Å². The van der Waals surface area contributed by atoms with Crippen molar-refractivity contribution in [3.8, 4) is 5.75 Å². The molecule has 2 nitrogen and oxygen atoms in total. The summed E-state index contributed by atoms with van der Waals surface area (Å²) in [4.78, 5) is 0. The fourth-order valence-electron chi connectivity index (χ4n) is 2.65. The molecule has 1 aliphatic rings. The number of benzene rings is 1.